The first-order chi connectivity index (χ1) is 8.53. The van der Waals surface area contributed by atoms with Crippen LogP contribution < -0.4 is 11.5 Å². The zero-order valence-electron chi connectivity index (χ0n) is 10.1. The third-order valence-electron chi connectivity index (χ3n) is 3.63. The summed E-state index contributed by atoms with van der Waals surface area (Å²) in [6, 6.07) is 3.72. The van der Waals surface area contributed by atoms with Crippen molar-refractivity contribution >= 4 is 5.96 Å². The molecule has 1 aliphatic carbocycles. The number of hydrogen-bond donors (Lipinski definition) is 2. The first-order valence-corrected chi connectivity index (χ1v) is 6.04. The number of aliphatic imine (C=N–C) groups is 1. The van der Waals surface area contributed by atoms with E-state index in [2.05, 4.69) is 4.99 Å². The average Bonchev–Trinajstić information content (AvgIpc) is 2.76. The van der Waals surface area contributed by atoms with Crippen LogP contribution in [0.5, 0.6) is 0 Å². The lowest BCUT2D eigenvalue weighted by atomic mass is 9.78. The van der Waals surface area contributed by atoms with Crippen molar-refractivity contribution in [3.05, 3.63) is 35.4 Å². The van der Waals surface area contributed by atoms with Gasteiger partial charge in [-0.3, -0.25) is 4.99 Å². The predicted octanol–water partition coefficient (Wildman–Crippen LogP) is 2.05. The largest absolute Gasteiger partial charge is 0.370 e. The summed E-state index contributed by atoms with van der Waals surface area (Å²) in [6.45, 7) is 0.359. The highest BCUT2D eigenvalue weighted by Crippen LogP contribution is 2.42. The van der Waals surface area contributed by atoms with E-state index in [0.29, 0.717) is 12.1 Å². The number of hydrogen-bond acceptors (Lipinski definition) is 1. The summed E-state index contributed by atoms with van der Waals surface area (Å²) in [6.07, 6.45) is 3.67. The Morgan fingerprint density at radius 3 is 2.44 bits per heavy atom. The molecule has 0 aromatic heterocycles. The van der Waals surface area contributed by atoms with Gasteiger partial charge in [-0.15, -0.1) is 0 Å². The number of rotatable bonds is 3. The van der Waals surface area contributed by atoms with Gasteiger partial charge in [0.1, 0.15) is 11.6 Å². The van der Waals surface area contributed by atoms with Crippen LogP contribution in [-0.4, -0.2) is 12.5 Å². The van der Waals surface area contributed by atoms with Crippen molar-refractivity contribution in [3.63, 3.8) is 0 Å². The van der Waals surface area contributed by atoms with Gasteiger partial charge in [0.25, 0.3) is 0 Å². The van der Waals surface area contributed by atoms with Gasteiger partial charge in [0.05, 0.1) is 6.54 Å². The minimum Gasteiger partial charge on any atom is -0.370 e. The molecule has 4 N–H and O–H groups in total. The van der Waals surface area contributed by atoms with Gasteiger partial charge in [-0.05, 0) is 24.5 Å². The zero-order valence-corrected chi connectivity index (χ0v) is 10.1. The molecule has 1 aromatic rings. The molecule has 5 heteroatoms. The molecule has 0 bridgehead atoms. The molecular formula is C13H17F2N3. The summed E-state index contributed by atoms with van der Waals surface area (Å²) in [7, 11) is 0. The maximum absolute atomic E-state index is 13.9. The molecule has 1 saturated carbocycles. The van der Waals surface area contributed by atoms with Crippen molar-refractivity contribution in [3.8, 4) is 0 Å². The lowest BCUT2D eigenvalue weighted by Gasteiger charge is -2.28. The quantitative estimate of drug-likeness (QED) is 0.639. The Kier molecular flexibility index (Phi) is 3.50. The van der Waals surface area contributed by atoms with E-state index in [-0.39, 0.29) is 11.4 Å². The number of benzene rings is 1. The molecule has 3 nitrogen and oxygen atoms in total. The lowest BCUT2D eigenvalue weighted by Crippen LogP contribution is -2.31. The SMILES string of the molecule is NC(N)=NCC1(c2ccc(F)cc2F)CCCC1. The van der Waals surface area contributed by atoms with E-state index in [1.54, 1.807) is 0 Å². The molecular weight excluding hydrogens is 236 g/mol. The molecule has 0 spiro atoms. The number of nitrogens with zero attached hydrogens (tertiary/aromatic N) is 1. The van der Waals surface area contributed by atoms with E-state index < -0.39 is 11.6 Å². The van der Waals surface area contributed by atoms with Crippen molar-refractivity contribution in [1.29, 1.82) is 0 Å². The van der Waals surface area contributed by atoms with Crippen LogP contribution in [0.2, 0.25) is 0 Å². The van der Waals surface area contributed by atoms with Crippen molar-refractivity contribution < 1.29 is 8.78 Å². The molecule has 0 unspecified atom stereocenters. The van der Waals surface area contributed by atoms with Crippen molar-refractivity contribution in [2.45, 2.75) is 31.1 Å². The average molecular weight is 253 g/mol. The molecule has 1 aliphatic rings. The molecule has 1 fully saturated rings. The maximum atomic E-state index is 13.9. The van der Waals surface area contributed by atoms with Crippen molar-refractivity contribution in [2.75, 3.05) is 6.54 Å². The van der Waals surface area contributed by atoms with Crippen LogP contribution >= 0.6 is 0 Å². The van der Waals surface area contributed by atoms with Crippen LogP contribution in [0, 0.1) is 11.6 Å². The van der Waals surface area contributed by atoms with Gasteiger partial charge in [-0.1, -0.05) is 18.9 Å². The first kappa shape index (κ1) is 12.8. The van der Waals surface area contributed by atoms with E-state index >= 15 is 0 Å². The summed E-state index contributed by atoms with van der Waals surface area (Å²) in [5.41, 5.74) is 10.8. The van der Waals surface area contributed by atoms with Crippen LogP contribution in [-0.2, 0) is 5.41 Å². The molecule has 0 heterocycles. The van der Waals surface area contributed by atoms with Crippen molar-refractivity contribution in [2.24, 2.45) is 16.5 Å². The third-order valence-corrected chi connectivity index (χ3v) is 3.63. The summed E-state index contributed by atoms with van der Waals surface area (Å²) in [5, 5.41) is 0. The fourth-order valence-electron chi connectivity index (χ4n) is 2.73. The van der Waals surface area contributed by atoms with E-state index in [9.17, 15) is 8.78 Å². The highest BCUT2D eigenvalue weighted by Gasteiger charge is 2.37. The second kappa shape index (κ2) is 4.92. The smallest absolute Gasteiger partial charge is 0.185 e. The Hall–Kier alpha value is -1.65. The standard InChI is InChI=1S/C13H17F2N3/c14-9-3-4-10(11(15)7-9)13(5-1-2-6-13)8-18-12(16)17/h3-4,7H,1-2,5-6,8H2,(H4,16,17,18). The fourth-order valence-corrected chi connectivity index (χ4v) is 2.73. The Bertz CT molecular complexity index is 461. The number of guanidine groups is 1. The van der Waals surface area contributed by atoms with Gasteiger partial charge >= 0.3 is 0 Å². The summed E-state index contributed by atoms with van der Waals surface area (Å²) < 4.78 is 26.9. The van der Waals surface area contributed by atoms with Gasteiger partial charge in [0, 0.05) is 11.5 Å². The van der Waals surface area contributed by atoms with E-state index in [4.69, 9.17) is 11.5 Å². The van der Waals surface area contributed by atoms with Crippen LogP contribution in [0.3, 0.4) is 0 Å². The predicted molar refractivity (Wildman–Crippen MR) is 67.2 cm³/mol. The van der Waals surface area contributed by atoms with Gasteiger partial charge in [0.15, 0.2) is 5.96 Å². The molecule has 18 heavy (non-hydrogen) atoms. The molecule has 0 atom stereocenters. The lowest BCUT2D eigenvalue weighted by molar-refractivity contribution is 0.424. The molecule has 98 valence electrons. The topological polar surface area (TPSA) is 64.4 Å². The first-order valence-electron chi connectivity index (χ1n) is 6.04. The third kappa shape index (κ3) is 2.44. The van der Waals surface area contributed by atoms with Crippen LogP contribution in [0.1, 0.15) is 31.2 Å². The zero-order chi connectivity index (χ0) is 13.2. The van der Waals surface area contributed by atoms with E-state index in [1.807, 2.05) is 0 Å². The maximum Gasteiger partial charge on any atom is 0.185 e. The minimum atomic E-state index is -0.564. The van der Waals surface area contributed by atoms with Gasteiger partial charge in [-0.2, -0.15) is 0 Å². The Labute approximate surface area is 105 Å². The second-order valence-electron chi connectivity index (χ2n) is 4.85. The molecule has 0 saturated heterocycles. The van der Waals surface area contributed by atoms with Gasteiger partial charge < -0.3 is 11.5 Å². The summed E-state index contributed by atoms with van der Waals surface area (Å²) in [4.78, 5) is 4.03. The number of halogens is 2. The highest BCUT2D eigenvalue weighted by molar-refractivity contribution is 5.75. The summed E-state index contributed by atoms with van der Waals surface area (Å²) in [5.74, 6) is -1.07. The fraction of sp³-hybridized carbons (Fsp3) is 0.462. The minimum absolute atomic E-state index is 0.00351. The monoisotopic (exact) mass is 253 g/mol. The van der Waals surface area contributed by atoms with Crippen LogP contribution in [0.15, 0.2) is 23.2 Å². The van der Waals surface area contributed by atoms with E-state index in [1.165, 1.54) is 12.1 Å². The Balaban J connectivity index is 2.37. The molecule has 0 amide bonds. The second-order valence-corrected chi connectivity index (χ2v) is 4.85. The Morgan fingerprint density at radius 2 is 1.89 bits per heavy atom. The molecule has 0 radical (unpaired) electrons. The molecule has 1 aromatic carbocycles. The van der Waals surface area contributed by atoms with Gasteiger partial charge in [-0.25, -0.2) is 8.78 Å². The van der Waals surface area contributed by atoms with Crippen molar-refractivity contribution in [1.82, 2.24) is 0 Å². The number of nitrogens with two attached hydrogens (primary N) is 2. The molecule has 2 rings (SSSR count). The highest BCUT2D eigenvalue weighted by atomic mass is 19.1. The summed E-state index contributed by atoms with van der Waals surface area (Å²) >= 11 is 0. The van der Waals surface area contributed by atoms with Gasteiger partial charge in [0.2, 0.25) is 0 Å². The van der Waals surface area contributed by atoms with E-state index in [0.717, 1.165) is 31.7 Å². The normalized spacial score (nSPS) is 17.7. The van der Waals surface area contributed by atoms with Crippen LogP contribution in [0.4, 0.5) is 8.78 Å². The van der Waals surface area contributed by atoms with Crippen LogP contribution in [0.25, 0.3) is 0 Å². The molecule has 0 aliphatic heterocycles. The Morgan fingerprint density at radius 1 is 1.22 bits per heavy atom.